The van der Waals surface area contributed by atoms with Gasteiger partial charge in [0.1, 0.15) is 0 Å². The van der Waals surface area contributed by atoms with Crippen LogP contribution in [0.3, 0.4) is 0 Å². The molecular weight excluding hydrogens is 277 g/mol. The van der Waals surface area contributed by atoms with E-state index in [-0.39, 0.29) is 5.56 Å². The minimum Gasteiger partial charge on any atom is -0.369 e. The third kappa shape index (κ3) is 3.49. The zero-order valence-electron chi connectivity index (χ0n) is 12.1. The number of hydrogen-bond donors (Lipinski definition) is 0. The van der Waals surface area contributed by atoms with Crippen LogP contribution in [0, 0.1) is 11.3 Å². The fourth-order valence-corrected chi connectivity index (χ4v) is 3.02. The number of nitriles is 1. The predicted octanol–water partition coefficient (Wildman–Crippen LogP) is 4.74. The second-order valence-electron chi connectivity index (χ2n) is 5.47. The first-order chi connectivity index (χ1) is 9.97. The molecule has 1 aromatic carbocycles. The molecule has 0 spiro atoms. The molecule has 0 saturated carbocycles. The van der Waals surface area contributed by atoms with Gasteiger partial charge in [0.25, 0.3) is 0 Å². The molecule has 0 amide bonds. The van der Waals surface area contributed by atoms with Gasteiger partial charge in [-0.2, -0.15) is 18.4 Å². The highest BCUT2D eigenvalue weighted by molar-refractivity contribution is 5.55. The van der Waals surface area contributed by atoms with Gasteiger partial charge in [-0.15, -0.1) is 0 Å². The normalized spacial score (nSPS) is 19.4. The smallest absolute Gasteiger partial charge is 0.369 e. The maximum absolute atomic E-state index is 13.1. The van der Waals surface area contributed by atoms with Crippen LogP contribution in [0.5, 0.6) is 0 Å². The van der Waals surface area contributed by atoms with Crippen molar-refractivity contribution in [1.82, 2.24) is 0 Å². The summed E-state index contributed by atoms with van der Waals surface area (Å²) in [5.41, 5.74) is -0.557. The monoisotopic (exact) mass is 296 g/mol. The van der Waals surface area contributed by atoms with Crippen LogP contribution >= 0.6 is 0 Å². The first-order valence-corrected chi connectivity index (χ1v) is 7.35. The quantitative estimate of drug-likeness (QED) is 0.805. The van der Waals surface area contributed by atoms with Gasteiger partial charge in [-0.3, -0.25) is 0 Å². The molecular formula is C16H19F3N2. The van der Waals surface area contributed by atoms with Gasteiger partial charge >= 0.3 is 6.18 Å². The molecule has 2 rings (SSSR count). The number of benzene rings is 1. The van der Waals surface area contributed by atoms with E-state index in [0.29, 0.717) is 11.7 Å². The molecule has 1 atom stereocenters. The van der Waals surface area contributed by atoms with Gasteiger partial charge in [0.2, 0.25) is 0 Å². The van der Waals surface area contributed by atoms with Crippen LogP contribution in [0.4, 0.5) is 18.9 Å². The number of rotatable bonds is 3. The highest BCUT2D eigenvalue weighted by Crippen LogP contribution is 2.36. The van der Waals surface area contributed by atoms with Crippen molar-refractivity contribution in [2.24, 2.45) is 0 Å². The van der Waals surface area contributed by atoms with E-state index in [1.165, 1.54) is 6.07 Å². The number of alkyl halides is 3. The Kier molecular flexibility index (Phi) is 4.76. The molecule has 0 aliphatic carbocycles. The Balaban J connectivity index is 2.37. The molecule has 0 bridgehead atoms. The first kappa shape index (κ1) is 15.7. The van der Waals surface area contributed by atoms with E-state index < -0.39 is 11.7 Å². The summed E-state index contributed by atoms with van der Waals surface area (Å²) in [6.45, 7) is 2.88. The summed E-state index contributed by atoms with van der Waals surface area (Å²) in [4.78, 5) is 2.07. The zero-order chi connectivity index (χ0) is 15.5. The Bertz CT molecular complexity index is 529. The summed E-state index contributed by atoms with van der Waals surface area (Å²) in [5.74, 6) is 0. The summed E-state index contributed by atoms with van der Waals surface area (Å²) < 4.78 is 39.2. The van der Waals surface area contributed by atoms with Gasteiger partial charge in [-0.25, -0.2) is 0 Å². The molecule has 1 aliphatic rings. The molecule has 1 unspecified atom stereocenters. The lowest BCUT2D eigenvalue weighted by atomic mass is 9.96. The van der Waals surface area contributed by atoms with Crippen LogP contribution < -0.4 is 4.90 Å². The molecule has 1 aromatic rings. The van der Waals surface area contributed by atoms with E-state index in [1.807, 2.05) is 0 Å². The average molecular weight is 296 g/mol. The molecule has 0 radical (unpaired) electrons. The van der Waals surface area contributed by atoms with Crippen LogP contribution in [0.15, 0.2) is 18.2 Å². The number of anilines is 1. The Morgan fingerprint density at radius 1 is 1.33 bits per heavy atom. The molecule has 0 aromatic heterocycles. The molecule has 1 saturated heterocycles. The lowest BCUT2D eigenvalue weighted by molar-refractivity contribution is -0.137. The van der Waals surface area contributed by atoms with Crippen LogP contribution in [0.1, 0.15) is 50.2 Å². The van der Waals surface area contributed by atoms with Crippen LogP contribution in [-0.4, -0.2) is 12.6 Å². The molecule has 2 nitrogen and oxygen atoms in total. The average Bonchev–Trinajstić information content (AvgIpc) is 2.46. The van der Waals surface area contributed by atoms with E-state index >= 15 is 0 Å². The van der Waals surface area contributed by atoms with Gasteiger partial charge < -0.3 is 4.90 Å². The van der Waals surface area contributed by atoms with Gasteiger partial charge in [0.05, 0.1) is 17.2 Å². The topological polar surface area (TPSA) is 27.0 Å². The largest absolute Gasteiger partial charge is 0.417 e. The van der Waals surface area contributed by atoms with E-state index in [1.54, 1.807) is 12.1 Å². The Morgan fingerprint density at radius 2 is 2.10 bits per heavy atom. The number of halogens is 3. The molecule has 1 aliphatic heterocycles. The van der Waals surface area contributed by atoms with Gasteiger partial charge in [0.15, 0.2) is 0 Å². The summed E-state index contributed by atoms with van der Waals surface area (Å²) in [5, 5.41) is 8.86. The fourth-order valence-electron chi connectivity index (χ4n) is 3.02. The van der Waals surface area contributed by atoms with Crippen LogP contribution in [0.25, 0.3) is 0 Å². The zero-order valence-corrected chi connectivity index (χ0v) is 12.1. The maximum atomic E-state index is 13.1. The second-order valence-corrected chi connectivity index (χ2v) is 5.47. The Labute approximate surface area is 123 Å². The third-order valence-corrected chi connectivity index (χ3v) is 4.01. The van der Waals surface area contributed by atoms with Crippen molar-refractivity contribution >= 4 is 5.69 Å². The summed E-state index contributed by atoms with van der Waals surface area (Å²) in [6.07, 6.45) is 0.669. The SMILES string of the molecule is CCCC1CCCCN1c1ccc(C#N)c(C(F)(F)F)c1. The summed E-state index contributed by atoms with van der Waals surface area (Å²) >= 11 is 0. The van der Waals surface area contributed by atoms with Crippen LogP contribution in [-0.2, 0) is 6.18 Å². The molecule has 1 fully saturated rings. The lowest BCUT2D eigenvalue weighted by Gasteiger charge is -2.38. The molecule has 21 heavy (non-hydrogen) atoms. The Morgan fingerprint density at radius 3 is 2.71 bits per heavy atom. The van der Waals surface area contributed by atoms with Crippen molar-refractivity contribution in [3.05, 3.63) is 29.3 Å². The molecule has 1 heterocycles. The highest BCUT2D eigenvalue weighted by atomic mass is 19.4. The van der Waals surface area contributed by atoms with Crippen molar-refractivity contribution in [3.63, 3.8) is 0 Å². The predicted molar refractivity (Wildman–Crippen MR) is 76.1 cm³/mol. The minimum absolute atomic E-state index is 0.303. The van der Waals surface area contributed by atoms with Crippen molar-refractivity contribution in [1.29, 1.82) is 5.26 Å². The van der Waals surface area contributed by atoms with E-state index in [0.717, 1.165) is 44.7 Å². The number of piperidine rings is 1. The maximum Gasteiger partial charge on any atom is 0.417 e. The number of hydrogen-bond acceptors (Lipinski definition) is 2. The fraction of sp³-hybridized carbons (Fsp3) is 0.562. The number of nitrogens with zero attached hydrogens (tertiary/aromatic N) is 2. The van der Waals surface area contributed by atoms with E-state index in [4.69, 9.17) is 5.26 Å². The third-order valence-electron chi connectivity index (χ3n) is 4.01. The van der Waals surface area contributed by atoms with Gasteiger partial charge in [-0.1, -0.05) is 13.3 Å². The lowest BCUT2D eigenvalue weighted by Crippen LogP contribution is -2.39. The highest BCUT2D eigenvalue weighted by Gasteiger charge is 2.34. The van der Waals surface area contributed by atoms with E-state index in [9.17, 15) is 13.2 Å². The Hall–Kier alpha value is -1.70. The van der Waals surface area contributed by atoms with Gasteiger partial charge in [0, 0.05) is 18.3 Å². The van der Waals surface area contributed by atoms with Crippen molar-refractivity contribution in [3.8, 4) is 6.07 Å². The molecule has 5 heteroatoms. The standard InChI is InChI=1S/C16H19F3N2/c1-2-5-13-6-3-4-9-21(13)14-8-7-12(11-20)15(10-14)16(17,18)19/h7-8,10,13H,2-6,9H2,1H3. The van der Waals surface area contributed by atoms with Crippen LogP contribution in [0.2, 0.25) is 0 Å². The first-order valence-electron chi connectivity index (χ1n) is 7.35. The van der Waals surface area contributed by atoms with Crippen molar-refractivity contribution in [2.75, 3.05) is 11.4 Å². The van der Waals surface area contributed by atoms with E-state index in [2.05, 4.69) is 11.8 Å². The molecule has 114 valence electrons. The summed E-state index contributed by atoms with van der Waals surface area (Å²) in [7, 11) is 0. The van der Waals surface area contributed by atoms with Crippen molar-refractivity contribution < 1.29 is 13.2 Å². The van der Waals surface area contributed by atoms with Gasteiger partial charge in [-0.05, 0) is 43.9 Å². The van der Waals surface area contributed by atoms with Crippen molar-refractivity contribution in [2.45, 2.75) is 51.2 Å². The summed E-state index contributed by atoms with van der Waals surface area (Å²) in [6, 6.07) is 5.99. The minimum atomic E-state index is -4.49. The molecule has 0 N–H and O–H groups in total. The second kappa shape index (κ2) is 6.38.